The minimum Gasteiger partial charge on any atom is -0.429 e. The second kappa shape index (κ2) is 9.43. The molecule has 162 valence electrons. The molecule has 9 atom stereocenters. The zero-order chi connectivity index (χ0) is 21.1. The van der Waals surface area contributed by atoms with Gasteiger partial charge in [-0.25, -0.2) is 4.79 Å². The third-order valence-corrected chi connectivity index (χ3v) is 4.80. The van der Waals surface area contributed by atoms with Crippen LogP contribution in [-0.2, 0) is 18.9 Å². The molecule has 0 spiro atoms. The van der Waals surface area contributed by atoms with Gasteiger partial charge in [0.2, 0.25) is 6.29 Å². The summed E-state index contributed by atoms with van der Waals surface area (Å²) in [6.45, 7) is -1.03. The molecule has 1 aromatic rings. The van der Waals surface area contributed by atoms with Crippen molar-refractivity contribution >= 4 is 5.97 Å². The van der Waals surface area contributed by atoms with E-state index < -0.39 is 67.9 Å². The lowest BCUT2D eigenvalue weighted by molar-refractivity contribution is -0.348. The average molecular weight is 416 g/mol. The van der Waals surface area contributed by atoms with Crippen molar-refractivity contribution in [2.24, 2.45) is 0 Å². The van der Waals surface area contributed by atoms with Crippen LogP contribution in [0.3, 0.4) is 0 Å². The maximum absolute atomic E-state index is 12.4. The van der Waals surface area contributed by atoms with Gasteiger partial charge in [-0.2, -0.15) is 0 Å². The fourth-order valence-corrected chi connectivity index (χ4v) is 3.10. The maximum atomic E-state index is 12.4. The number of hydrogen-bond acceptors (Lipinski definition) is 11. The van der Waals surface area contributed by atoms with Gasteiger partial charge in [0.05, 0.1) is 18.8 Å². The van der Waals surface area contributed by atoms with E-state index in [0.29, 0.717) is 0 Å². The summed E-state index contributed by atoms with van der Waals surface area (Å²) in [7, 11) is 0. The molecule has 3 rings (SSSR count). The van der Waals surface area contributed by atoms with E-state index in [0.717, 1.165) is 0 Å². The Kier molecular flexibility index (Phi) is 7.16. The normalized spacial score (nSPS) is 40.4. The van der Waals surface area contributed by atoms with E-state index >= 15 is 0 Å². The van der Waals surface area contributed by atoms with Crippen molar-refractivity contribution < 1.29 is 54.4 Å². The van der Waals surface area contributed by atoms with Gasteiger partial charge in [-0.3, -0.25) is 0 Å². The molecule has 0 aliphatic carbocycles. The monoisotopic (exact) mass is 416 g/mol. The van der Waals surface area contributed by atoms with E-state index in [2.05, 4.69) is 0 Å². The van der Waals surface area contributed by atoms with E-state index in [1.165, 1.54) is 12.1 Å². The Morgan fingerprint density at radius 2 is 1.66 bits per heavy atom. The molecule has 1 aromatic carbocycles. The van der Waals surface area contributed by atoms with Crippen molar-refractivity contribution in [1.29, 1.82) is 0 Å². The van der Waals surface area contributed by atoms with Crippen molar-refractivity contribution in [2.45, 2.75) is 55.3 Å². The summed E-state index contributed by atoms with van der Waals surface area (Å²) >= 11 is 0. The van der Waals surface area contributed by atoms with Gasteiger partial charge in [-0.1, -0.05) is 18.2 Å². The first-order valence-electron chi connectivity index (χ1n) is 9.03. The van der Waals surface area contributed by atoms with E-state index in [1.54, 1.807) is 18.2 Å². The third kappa shape index (κ3) is 4.74. The van der Waals surface area contributed by atoms with Crippen LogP contribution >= 0.6 is 0 Å². The van der Waals surface area contributed by atoms with Crippen LogP contribution in [0.1, 0.15) is 10.4 Å². The number of benzene rings is 1. The first kappa shape index (κ1) is 22.0. The Balaban J connectivity index is 1.77. The molecule has 6 N–H and O–H groups in total. The van der Waals surface area contributed by atoms with Crippen molar-refractivity contribution in [2.75, 3.05) is 13.2 Å². The number of aliphatic hydroxyl groups excluding tert-OH is 6. The Labute approximate surface area is 165 Å². The van der Waals surface area contributed by atoms with Gasteiger partial charge < -0.3 is 49.6 Å². The predicted molar refractivity (Wildman–Crippen MR) is 92.3 cm³/mol. The van der Waals surface area contributed by atoms with Gasteiger partial charge in [-0.05, 0) is 12.1 Å². The summed E-state index contributed by atoms with van der Waals surface area (Å²) in [4.78, 5) is 12.4. The lowest BCUT2D eigenvalue weighted by atomic mass is 9.98. The van der Waals surface area contributed by atoms with Crippen LogP contribution in [0, 0.1) is 0 Å². The fraction of sp³-hybridized carbons (Fsp3) is 0.611. The molecule has 9 unspecified atom stereocenters. The highest BCUT2D eigenvalue weighted by atomic mass is 16.8. The highest BCUT2D eigenvalue weighted by Gasteiger charge is 2.50. The molecule has 11 heteroatoms. The highest BCUT2D eigenvalue weighted by Crippen LogP contribution is 2.28. The van der Waals surface area contributed by atoms with Gasteiger partial charge in [0, 0.05) is 0 Å². The summed E-state index contributed by atoms with van der Waals surface area (Å²) in [6.07, 6.45) is -13.7. The van der Waals surface area contributed by atoms with E-state index in [1.807, 2.05) is 0 Å². The summed E-state index contributed by atoms with van der Waals surface area (Å²) in [5.41, 5.74) is 0.184. The second-order valence-corrected chi connectivity index (χ2v) is 6.83. The molecule has 0 amide bonds. The van der Waals surface area contributed by atoms with E-state index in [9.17, 15) is 35.4 Å². The highest BCUT2D eigenvalue weighted by molar-refractivity contribution is 5.89. The number of carbonyl (C=O) groups excluding carboxylic acids is 1. The first-order valence-corrected chi connectivity index (χ1v) is 9.03. The molecule has 29 heavy (non-hydrogen) atoms. The van der Waals surface area contributed by atoms with Crippen molar-refractivity contribution in [1.82, 2.24) is 0 Å². The van der Waals surface area contributed by atoms with Crippen LogP contribution in [-0.4, -0.2) is 105 Å². The molecule has 0 aromatic heterocycles. The van der Waals surface area contributed by atoms with E-state index in [4.69, 9.17) is 18.9 Å². The van der Waals surface area contributed by atoms with Crippen molar-refractivity contribution in [3.8, 4) is 0 Å². The van der Waals surface area contributed by atoms with E-state index in [-0.39, 0.29) is 12.2 Å². The van der Waals surface area contributed by atoms with Crippen molar-refractivity contribution in [3.05, 3.63) is 35.9 Å². The Bertz CT molecular complexity index is 671. The first-order chi connectivity index (χ1) is 13.8. The van der Waals surface area contributed by atoms with Crippen LogP contribution in [0.5, 0.6) is 0 Å². The summed E-state index contributed by atoms with van der Waals surface area (Å²) in [5.74, 6) is -0.815. The minimum absolute atomic E-state index is 0.184. The number of aliphatic hydroxyl groups is 6. The third-order valence-electron chi connectivity index (χ3n) is 4.80. The predicted octanol–water partition coefficient (Wildman–Crippen LogP) is -2.89. The Morgan fingerprint density at radius 1 is 0.966 bits per heavy atom. The van der Waals surface area contributed by atoms with Crippen LogP contribution < -0.4 is 0 Å². The second-order valence-electron chi connectivity index (χ2n) is 6.83. The lowest BCUT2D eigenvalue weighted by Gasteiger charge is -2.44. The molecule has 2 aliphatic heterocycles. The topological polar surface area (TPSA) is 175 Å². The summed E-state index contributed by atoms with van der Waals surface area (Å²) in [5, 5.41) is 59.3. The van der Waals surface area contributed by atoms with Crippen LogP contribution in [0.4, 0.5) is 0 Å². The number of hydrogen-bond donors (Lipinski definition) is 6. The largest absolute Gasteiger partial charge is 0.429 e. The molecule has 2 aliphatic rings. The number of esters is 1. The molecule has 11 nitrogen and oxygen atoms in total. The molecule has 2 fully saturated rings. The summed E-state index contributed by atoms with van der Waals surface area (Å²) < 4.78 is 21.2. The molecular formula is C18H24O11. The van der Waals surface area contributed by atoms with Gasteiger partial charge in [0.15, 0.2) is 12.4 Å². The zero-order valence-corrected chi connectivity index (χ0v) is 15.2. The number of carbonyl (C=O) groups is 1. The smallest absolute Gasteiger partial charge is 0.340 e. The molecule has 0 saturated carbocycles. The minimum atomic E-state index is -1.69. The molecule has 2 heterocycles. The van der Waals surface area contributed by atoms with Crippen LogP contribution in [0.2, 0.25) is 0 Å². The number of rotatable bonds is 5. The van der Waals surface area contributed by atoms with Gasteiger partial charge in [0.25, 0.3) is 0 Å². The molecule has 2 saturated heterocycles. The molecular weight excluding hydrogens is 392 g/mol. The molecule has 0 radical (unpaired) electrons. The van der Waals surface area contributed by atoms with Gasteiger partial charge in [-0.15, -0.1) is 0 Å². The maximum Gasteiger partial charge on any atom is 0.340 e. The Morgan fingerprint density at radius 3 is 2.31 bits per heavy atom. The van der Waals surface area contributed by atoms with Crippen molar-refractivity contribution in [3.63, 3.8) is 0 Å². The average Bonchev–Trinajstić information content (AvgIpc) is 2.73. The Hall–Kier alpha value is -1.67. The summed E-state index contributed by atoms with van der Waals surface area (Å²) in [6, 6.07) is 7.90. The van der Waals surface area contributed by atoms with Gasteiger partial charge >= 0.3 is 5.97 Å². The zero-order valence-electron chi connectivity index (χ0n) is 15.2. The van der Waals surface area contributed by atoms with Gasteiger partial charge in [0.1, 0.15) is 36.6 Å². The standard InChI is InChI=1S/C18H24O11/c19-6-10-12(22)13(23)15(28-17-14(24)11(21)9(20)7-26-17)18(27-10)29-16(25)8-4-2-1-3-5-8/h1-5,9-15,17-24H,6-7H2. The van der Waals surface area contributed by atoms with Crippen LogP contribution in [0.15, 0.2) is 30.3 Å². The SMILES string of the molecule is O=C(OC1OC(CO)C(O)C(O)C1OC1OCC(O)C(O)C1O)c1ccccc1. The fourth-order valence-electron chi connectivity index (χ4n) is 3.10. The van der Waals surface area contributed by atoms with Crippen LogP contribution in [0.25, 0.3) is 0 Å². The lowest BCUT2D eigenvalue weighted by Crippen LogP contribution is -2.63. The number of ether oxygens (including phenoxy) is 4. The quantitative estimate of drug-likeness (QED) is 0.272. The molecule has 0 bridgehead atoms.